The molecule has 0 atom stereocenters. The van der Waals surface area contributed by atoms with Crippen molar-refractivity contribution >= 4 is 5.91 Å². The van der Waals surface area contributed by atoms with E-state index >= 15 is 0 Å². The summed E-state index contributed by atoms with van der Waals surface area (Å²) in [5, 5.41) is 2.90. The van der Waals surface area contributed by atoms with E-state index in [1.807, 2.05) is 6.07 Å². The Kier molecular flexibility index (Phi) is 3.82. The van der Waals surface area contributed by atoms with E-state index in [0.717, 1.165) is 18.7 Å². The fraction of sp³-hybridized carbons (Fsp3) is 0.421. The molecule has 120 valence electrons. The second kappa shape index (κ2) is 6.11. The molecule has 4 nitrogen and oxygen atoms in total. The molecule has 0 aliphatic heterocycles. The number of rotatable bonds is 6. The second-order valence-corrected chi connectivity index (χ2v) is 6.49. The second-order valence-electron chi connectivity index (χ2n) is 6.49. The molecule has 1 fully saturated rings. The van der Waals surface area contributed by atoms with E-state index in [1.54, 1.807) is 12.1 Å². The van der Waals surface area contributed by atoms with Crippen molar-refractivity contribution in [3.63, 3.8) is 0 Å². The topological polar surface area (TPSA) is 51.5 Å². The fourth-order valence-electron chi connectivity index (χ4n) is 3.02. The molecule has 0 radical (unpaired) electrons. The number of nitrogens with one attached hydrogen (secondary N) is 1. The first-order chi connectivity index (χ1) is 11.3. The molecule has 2 aliphatic rings. The minimum absolute atomic E-state index is 0.138. The summed E-state index contributed by atoms with van der Waals surface area (Å²) in [5.41, 5.74) is 2.83. The van der Waals surface area contributed by atoms with Crippen LogP contribution in [0.1, 0.15) is 46.7 Å². The Morgan fingerprint density at radius 3 is 2.91 bits per heavy atom. The third-order valence-corrected chi connectivity index (χ3v) is 4.58. The van der Waals surface area contributed by atoms with Gasteiger partial charge in [-0.05, 0) is 73.4 Å². The van der Waals surface area contributed by atoms with Gasteiger partial charge in [-0.2, -0.15) is 0 Å². The molecule has 1 amide bonds. The number of ether oxygens (including phenoxy) is 1. The van der Waals surface area contributed by atoms with Gasteiger partial charge in [0.25, 0.3) is 5.91 Å². The zero-order chi connectivity index (χ0) is 15.6. The number of hydrogen-bond acceptors (Lipinski definition) is 3. The summed E-state index contributed by atoms with van der Waals surface area (Å²) >= 11 is 0. The molecule has 1 aromatic carbocycles. The van der Waals surface area contributed by atoms with Crippen LogP contribution in [-0.2, 0) is 19.4 Å². The van der Waals surface area contributed by atoms with Gasteiger partial charge in [-0.3, -0.25) is 4.79 Å². The highest BCUT2D eigenvalue weighted by Gasteiger charge is 2.22. The fourth-order valence-corrected chi connectivity index (χ4v) is 3.02. The van der Waals surface area contributed by atoms with Gasteiger partial charge in [-0.25, -0.2) is 0 Å². The monoisotopic (exact) mass is 311 g/mol. The van der Waals surface area contributed by atoms with Crippen LogP contribution in [0, 0.1) is 5.92 Å². The third kappa shape index (κ3) is 3.41. The van der Waals surface area contributed by atoms with E-state index in [1.165, 1.54) is 36.8 Å². The molecule has 1 heterocycles. The summed E-state index contributed by atoms with van der Waals surface area (Å²) in [6.07, 6.45) is 5.98. The van der Waals surface area contributed by atoms with Crippen molar-refractivity contribution in [2.24, 2.45) is 5.92 Å². The average molecular weight is 311 g/mol. The Morgan fingerprint density at radius 1 is 1.17 bits per heavy atom. The van der Waals surface area contributed by atoms with Gasteiger partial charge in [0.15, 0.2) is 5.76 Å². The average Bonchev–Trinajstić information content (AvgIpc) is 3.08. The lowest BCUT2D eigenvalue weighted by atomic mass is 10.1. The maximum absolute atomic E-state index is 11.9. The molecular weight excluding hydrogens is 290 g/mol. The molecule has 1 N–H and O–H groups in total. The first-order valence-corrected chi connectivity index (χ1v) is 8.39. The normalized spacial score (nSPS) is 16.2. The number of aryl methyl sites for hydroxylation is 2. The van der Waals surface area contributed by atoms with E-state index in [9.17, 15) is 4.79 Å². The highest BCUT2D eigenvalue weighted by atomic mass is 16.5. The predicted octanol–water partition coefficient (Wildman–Crippen LogP) is 3.49. The number of carbonyl (C=O) groups excluding carboxylic acids is 1. The maximum Gasteiger partial charge on any atom is 0.287 e. The van der Waals surface area contributed by atoms with Crippen LogP contribution in [0.4, 0.5) is 0 Å². The Bertz CT molecular complexity index is 715. The van der Waals surface area contributed by atoms with Crippen molar-refractivity contribution in [3.05, 3.63) is 53.0 Å². The first kappa shape index (κ1) is 14.4. The SMILES string of the molecule is O=C(NCC1CC1)c1ccc(COc2ccc3c(c2)CCC3)o1. The van der Waals surface area contributed by atoms with Crippen molar-refractivity contribution in [2.45, 2.75) is 38.7 Å². The summed E-state index contributed by atoms with van der Waals surface area (Å²) in [5.74, 6) is 2.42. The van der Waals surface area contributed by atoms with Crippen LogP contribution in [0.25, 0.3) is 0 Å². The summed E-state index contributed by atoms with van der Waals surface area (Å²) < 4.78 is 11.4. The number of hydrogen-bond donors (Lipinski definition) is 1. The zero-order valence-corrected chi connectivity index (χ0v) is 13.1. The molecule has 4 heteroatoms. The molecule has 23 heavy (non-hydrogen) atoms. The first-order valence-electron chi connectivity index (χ1n) is 8.39. The zero-order valence-electron chi connectivity index (χ0n) is 13.1. The van der Waals surface area contributed by atoms with Gasteiger partial charge in [-0.1, -0.05) is 6.07 Å². The summed E-state index contributed by atoms with van der Waals surface area (Å²) in [7, 11) is 0. The Labute approximate surface area is 135 Å². The highest BCUT2D eigenvalue weighted by Crippen LogP contribution is 2.28. The minimum Gasteiger partial charge on any atom is -0.486 e. The predicted molar refractivity (Wildman–Crippen MR) is 86.6 cm³/mol. The minimum atomic E-state index is -0.138. The summed E-state index contributed by atoms with van der Waals surface area (Å²) in [6, 6.07) is 9.80. The van der Waals surface area contributed by atoms with Crippen molar-refractivity contribution < 1.29 is 13.9 Å². The van der Waals surface area contributed by atoms with Crippen molar-refractivity contribution in [3.8, 4) is 5.75 Å². The standard InChI is InChI=1S/C19H21NO3/c21-19(20-11-13-4-5-13)18-9-8-17(23-18)12-22-16-7-6-14-2-1-3-15(14)10-16/h6-10,13H,1-5,11-12H2,(H,20,21). The molecule has 2 aliphatic carbocycles. The highest BCUT2D eigenvalue weighted by molar-refractivity contribution is 5.91. The van der Waals surface area contributed by atoms with Gasteiger partial charge in [0.05, 0.1) is 0 Å². The van der Waals surface area contributed by atoms with Gasteiger partial charge in [-0.15, -0.1) is 0 Å². The number of benzene rings is 1. The Morgan fingerprint density at radius 2 is 2.04 bits per heavy atom. The van der Waals surface area contributed by atoms with E-state index in [2.05, 4.69) is 17.4 Å². The molecule has 4 rings (SSSR count). The Hall–Kier alpha value is -2.23. The van der Waals surface area contributed by atoms with Gasteiger partial charge in [0.2, 0.25) is 0 Å². The van der Waals surface area contributed by atoms with Crippen LogP contribution in [-0.4, -0.2) is 12.5 Å². The van der Waals surface area contributed by atoms with E-state index < -0.39 is 0 Å². The molecule has 2 aromatic rings. The molecule has 0 bridgehead atoms. The largest absolute Gasteiger partial charge is 0.486 e. The lowest BCUT2D eigenvalue weighted by molar-refractivity contribution is 0.0920. The molecule has 0 saturated heterocycles. The van der Waals surface area contributed by atoms with Crippen molar-refractivity contribution in [1.82, 2.24) is 5.32 Å². The van der Waals surface area contributed by atoms with Crippen molar-refractivity contribution in [1.29, 1.82) is 0 Å². The van der Waals surface area contributed by atoms with Crippen LogP contribution >= 0.6 is 0 Å². The third-order valence-electron chi connectivity index (χ3n) is 4.58. The summed E-state index contributed by atoms with van der Waals surface area (Å²) in [4.78, 5) is 11.9. The van der Waals surface area contributed by atoms with Crippen LogP contribution in [0.2, 0.25) is 0 Å². The lowest BCUT2D eigenvalue weighted by Gasteiger charge is -2.06. The van der Waals surface area contributed by atoms with Gasteiger partial charge in [0, 0.05) is 6.54 Å². The number of carbonyl (C=O) groups is 1. The maximum atomic E-state index is 11.9. The van der Waals surface area contributed by atoms with Crippen LogP contribution in [0.3, 0.4) is 0 Å². The summed E-state index contributed by atoms with van der Waals surface area (Å²) in [6.45, 7) is 1.09. The molecular formula is C19H21NO3. The van der Waals surface area contributed by atoms with Gasteiger partial charge in [0.1, 0.15) is 18.1 Å². The van der Waals surface area contributed by atoms with Gasteiger partial charge < -0.3 is 14.5 Å². The number of amides is 1. The van der Waals surface area contributed by atoms with E-state index in [0.29, 0.717) is 24.0 Å². The van der Waals surface area contributed by atoms with Crippen molar-refractivity contribution in [2.75, 3.05) is 6.54 Å². The smallest absolute Gasteiger partial charge is 0.287 e. The molecule has 0 spiro atoms. The quantitative estimate of drug-likeness (QED) is 0.888. The number of fused-ring (bicyclic) bond motifs is 1. The Balaban J connectivity index is 1.33. The molecule has 1 aromatic heterocycles. The van der Waals surface area contributed by atoms with Crippen LogP contribution in [0.5, 0.6) is 5.75 Å². The lowest BCUT2D eigenvalue weighted by Crippen LogP contribution is -2.24. The van der Waals surface area contributed by atoms with Crippen LogP contribution in [0.15, 0.2) is 34.7 Å². The molecule has 1 saturated carbocycles. The number of furan rings is 1. The van der Waals surface area contributed by atoms with E-state index in [4.69, 9.17) is 9.15 Å². The van der Waals surface area contributed by atoms with Gasteiger partial charge >= 0.3 is 0 Å². The van der Waals surface area contributed by atoms with E-state index in [-0.39, 0.29) is 5.91 Å². The molecule has 0 unspecified atom stereocenters. The van der Waals surface area contributed by atoms with Crippen LogP contribution < -0.4 is 10.1 Å².